The van der Waals surface area contributed by atoms with Crippen LogP contribution in [0, 0.1) is 5.82 Å². The van der Waals surface area contributed by atoms with Gasteiger partial charge in [0.25, 0.3) is 0 Å². The second kappa shape index (κ2) is 8.27. The Morgan fingerprint density at radius 1 is 1.04 bits per heavy atom. The summed E-state index contributed by atoms with van der Waals surface area (Å²) in [7, 11) is 0. The highest BCUT2D eigenvalue weighted by Gasteiger charge is 2.19. The lowest BCUT2D eigenvalue weighted by molar-refractivity contribution is 0.221. The van der Waals surface area contributed by atoms with E-state index in [0.717, 1.165) is 50.1 Å². The zero-order valence-electron chi connectivity index (χ0n) is 13.9. The number of aliphatic hydroxyl groups is 1. The summed E-state index contributed by atoms with van der Waals surface area (Å²) in [5.74, 6) is -0.172. The van der Waals surface area contributed by atoms with Crippen molar-refractivity contribution in [2.75, 3.05) is 25.0 Å². The van der Waals surface area contributed by atoms with Crippen molar-refractivity contribution in [1.82, 2.24) is 4.90 Å². The molecule has 2 aromatic rings. The molecule has 0 spiro atoms. The summed E-state index contributed by atoms with van der Waals surface area (Å²) >= 11 is 0. The molecule has 2 N–H and O–H groups in total. The van der Waals surface area contributed by atoms with Crippen molar-refractivity contribution in [2.45, 2.75) is 31.9 Å². The molecule has 0 saturated carbocycles. The van der Waals surface area contributed by atoms with Crippen LogP contribution in [0.1, 0.15) is 24.0 Å². The molecule has 0 atom stereocenters. The fourth-order valence-corrected chi connectivity index (χ4v) is 3.26. The Labute approximate surface area is 143 Å². The van der Waals surface area contributed by atoms with Gasteiger partial charge in [-0.25, -0.2) is 4.39 Å². The van der Waals surface area contributed by atoms with Gasteiger partial charge in [-0.2, -0.15) is 0 Å². The van der Waals surface area contributed by atoms with E-state index < -0.39 is 0 Å². The Balaban J connectivity index is 1.44. The van der Waals surface area contributed by atoms with Gasteiger partial charge in [0.2, 0.25) is 0 Å². The van der Waals surface area contributed by atoms with Crippen LogP contribution in [-0.4, -0.2) is 35.7 Å². The van der Waals surface area contributed by atoms with E-state index >= 15 is 0 Å². The van der Waals surface area contributed by atoms with Crippen LogP contribution >= 0.6 is 0 Å². The minimum Gasteiger partial charge on any atom is -0.392 e. The van der Waals surface area contributed by atoms with E-state index in [1.807, 2.05) is 36.4 Å². The number of aliphatic hydroxyl groups excluding tert-OH is 1. The molecule has 3 rings (SSSR count). The lowest BCUT2D eigenvalue weighted by Crippen LogP contribution is -2.40. The number of nitrogens with zero attached hydrogens (tertiary/aromatic N) is 1. The summed E-state index contributed by atoms with van der Waals surface area (Å²) < 4.78 is 12.9. The Morgan fingerprint density at radius 2 is 1.75 bits per heavy atom. The molecule has 24 heavy (non-hydrogen) atoms. The molecule has 1 aliphatic rings. The van der Waals surface area contributed by atoms with Gasteiger partial charge in [0, 0.05) is 36.9 Å². The SMILES string of the molecule is OCc1ccccc1NC1CCN(CCc2ccc(F)cc2)CC1. The number of halogens is 1. The first-order chi connectivity index (χ1) is 11.7. The lowest BCUT2D eigenvalue weighted by Gasteiger charge is -2.33. The molecule has 0 aromatic heterocycles. The third-order valence-electron chi connectivity index (χ3n) is 4.76. The molecule has 1 saturated heterocycles. The summed E-state index contributed by atoms with van der Waals surface area (Å²) in [4.78, 5) is 2.47. The Hall–Kier alpha value is -1.91. The lowest BCUT2D eigenvalue weighted by atomic mass is 10.0. The van der Waals surface area contributed by atoms with Crippen LogP contribution in [0.15, 0.2) is 48.5 Å². The number of hydrogen-bond donors (Lipinski definition) is 2. The van der Waals surface area contributed by atoms with Crippen molar-refractivity contribution in [3.8, 4) is 0 Å². The Kier molecular flexibility index (Phi) is 5.83. The molecular weight excluding hydrogens is 303 g/mol. The van der Waals surface area contributed by atoms with Gasteiger partial charge in [-0.1, -0.05) is 30.3 Å². The van der Waals surface area contributed by atoms with E-state index in [-0.39, 0.29) is 12.4 Å². The van der Waals surface area contributed by atoms with E-state index in [1.54, 1.807) is 0 Å². The standard InChI is InChI=1S/C20H25FN2O/c21-18-7-5-16(6-8-18)9-12-23-13-10-19(11-14-23)22-20-4-2-1-3-17(20)15-24/h1-8,19,22,24H,9-15H2. The predicted molar refractivity (Wildman–Crippen MR) is 95.6 cm³/mol. The number of anilines is 1. The van der Waals surface area contributed by atoms with Gasteiger partial charge < -0.3 is 15.3 Å². The largest absolute Gasteiger partial charge is 0.392 e. The molecular formula is C20H25FN2O. The average Bonchev–Trinajstić information content (AvgIpc) is 2.63. The van der Waals surface area contributed by atoms with E-state index in [1.165, 1.54) is 17.7 Å². The second-order valence-corrected chi connectivity index (χ2v) is 6.45. The van der Waals surface area contributed by atoms with Crippen LogP contribution in [0.5, 0.6) is 0 Å². The average molecular weight is 328 g/mol. The number of hydrogen-bond acceptors (Lipinski definition) is 3. The molecule has 1 heterocycles. The summed E-state index contributed by atoms with van der Waals surface area (Å²) in [5, 5.41) is 13.0. The molecule has 1 aliphatic heterocycles. The minimum atomic E-state index is -0.172. The number of rotatable bonds is 6. The fraction of sp³-hybridized carbons (Fsp3) is 0.400. The van der Waals surface area contributed by atoms with Gasteiger partial charge in [0.15, 0.2) is 0 Å². The number of likely N-dealkylation sites (tertiary alicyclic amines) is 1. The van der Waals surface area contributed by atoms with Gasteiger partial charge in [-0.15, -0.1) is 0 Å². The smallest absolute Gasteiger partial charge is 0.123 e. The van der Waals surface area contributed by atoms with Gasteiger partial charge in [0.1, 0.15) is 5.82 Å². The molecule has 4 heteroatoms. The summed E-state index contributed by atoms with van der Waals surface area (Å²) in [5.41, 5.74) is 3.19. The predicted octanol–water partition coefficient (Wildman–Crippen LogP) is 3.44. The highest BCUT2D eigenvalue weighted by atomic mass is 19.1. The highest BCUT2D eigenvalue weighted by Crippen LogP contribution is 2.20. The summed E-state index contributed by atoms with van der Waals surface area (Å²) in [6, 6.07) is 15.2. The fourth-order valence-electron chi connectivity index (χ4n) is 3.26. The van der Waals surface area contributed by atoms with E-state index in [0.29, 0.717) is 6.04 Å². The number of nitrogens with one attached hydrogen (secondary N) is 1. The molecule has 0 bridgehead atoms. The maximum Gasteiger partial charge on any atom is 0.123 e. The second-order valence-electron chi connectivity index (χ2n) is 6.45. The van der Waals surface area contributed by atoms with Crippen LogP contribution in [0.4, 0.5) is 10.1 Å². The van der Waals surface area contributed by atoms with Crippen molar-refractivity contribution in [2.24, 2.45) is 0 Å². The molecule has 0 radical (unpaired) electrons. The van der Waals surface area contributed by atoms with Crippen LogP contribution in [0.2, 0.25) is 0 Å². The van der Waals surface area contributed by atoms with E-state index in [9.17, 15) is 9.50 Å². The highest BCUT2D eigenvalue weighted by molar-refractivity contribution is 5.51. The third kappa shape index (κ3) is 4.56. The normalized spacial score (nSPS) is 16.2. The quantitative estimate of drug-likeness (QED) is 0.853. The molecule has 0 amide bonds. The Bertz CT molecular complexity index is 636. The van der Waals surface area contributed by atoms with Crippen LogP contribution in [-0.2, 0) is 13.0 Å². The summed E-state index contributed by atoms with van der Waals surface area (Å²) in [6.07, 6.45) is 3.16. The zero-order chi connectivity index (χ0) is 16.8. The van der Waals surface area contributed by atoms with Gasteiger partial charge in [-0.3, -0.25) is 0 Å². The van der Waals surface area contributed by atoms with Crippen LogP contribution in [0.25, 0.3) is 0 Å². The minimum absolute atomic E-state index is 0.0691. The molecule has 3 nitrogen and oxygen atoms in total. The van der Waals surface area contributed by atoms with Crippen molar-refractivity contribution < 1.29 is 9.50 Å². The van der Waals surface area contributed by atoms with Crippen molar-refractivity contribution in [1.29, 1.82) is 0 Å². The molecule has 128 valence electrons. The topological polar surface area (TPSA) is 35.5 Å². The molecule has 0 aliphatic carbocycles. The number of benzene rings is 2. The van der Waals surface area contributed by atoms with E-state index in [4.69, 9.17) is 0 Å². The first-order valence-corrected chi connectivity index (χ1v) is 8.66. The molecule has 2 aromatic carbocycles. The van der Waals surface area contributed by atoms with Crippen molar-refractivity contribution in [3.63, 3.8) is 0 Å². The first-order valence-electron chi connectivity index (χ1n) is 8.66. The van der Waals surface area contributed by atoms with E-state index in [2.05, 4.69) is 10.2 Å². The Morgan fingerprint density at radius 3 is 2.46 bits per heavy atom. The van der Waals surface area contributed by atoms with Gasteiger partial charge in [0.05, 0.1) is 6.61 Å². The maximum atomic E-state index is 12.9. The first kappa shape index (κ1) is 16.9. The monoisotopic (exact) mass is 328 g/mol. The third-order valence-corrected chi connectivity index (χ3v) is 4.76. The van der Waals surface area contributed by atoms with Crippen molar-refractivity contribution >= 4 is 5.69 Å². The van der Waals surface area contributed by atoms with Gasteiger partial charge in [-0.05, 0) is 43.0 Å². The van der Waals surface area contributed by atoms with Crippen molar-refractivity contribution in [3.05, 3.63) is 65.5 Å². The van der Waals surface area contributed by atoms with Crippen LogP contribution in [0.3, 0.4) is 0 Å². The zero-order valence-corrected chi connectivity index (χ0v) is 13.9. The summed E-state index contributed by atoms with van der Waals surface area (Å²) in [6.45, 7) is 3.23. The number of para-hydroxylation sites is 1. The van der Waals surface area contributed by atoms with Gasteiger partial charge >= 0.3 is 0 Å². The number of piperidine rings is 1. The maximum absolute atomic E-state index is 12.9. The molecule has 1 fully saturated rings. The molecule has 0 unspecified atom stereocenters. The van der Waals surface area contributed by atoms with Crippen LogP contribution < -0.4 is 5.32 Å².